The third-order valence-electron chi connectivity index (χ3n) is 4.56. The van der Waals surface area contributed by atoms with Crippen molar-refractivity contribution in [2.45, 2.75) is 64.7 Å². The van der Waals surface area contributed by atoms with Gasteiger partial charge in [0.25, 0.3) is 0 Å². The Hall–Kier alpha value is -3.14. The van der Waals surface area contributed by atoms with Crippen LogP contribution in [0, 0.1) is 0 Å². The number of carboxylic acids is 1. The van der Waals surface area contributed by atoms with Crippen LogP contribution in [0.25, 0.3) is 0 Å². The average molecular weight is 436 g/mol. The summed E-state index contributed by atoms with van der Waals surface area (Å²) in [5, 5.41) is 8.88. The molecule has 0 aliphatic rings. The van der Waals surface area contributed by atoms with E-state index >= 15 is 0 Å². The highest BCUT2D eigenvalue weighted by Crippen LogP contribution is 2.07. The van der Waals surface area contributed by atoms with Crippen LogP contribution < -0.4 is 0 Å². The van der Waals surface area contributed by atoms with Gasteiger partial charge in [-0.2, -0.15) is 0 Å². The van der Waals surface area contributed by atoms with Gasteiger partial charge < -0.3 is 5.11 Å². The summed E-state index contributed by atoms with van der Waals surface area (Å²) in [6.45, 7) is 2.14. The molecule has 0 spiro atoms. The Labute approximate surface area is 193 Å². The fraction of sp³-hybridized carbons (Fsp3) is 0.357. The minimum absolute atomic E-state index is 0.0780. The number of aliphatic carboxylic acids is 1. The Kier molecular flexibility index (Phi) is 15.6. The van der Waals surface area contributed by atoms with Crippen molar-refractivity contribution >= 4 is 11.9 Å². The van der Waals surface area contributed by atoms with Crippen LogP contribution in [0.3, 0.4) is 0 Å². The van der Waals surface area contributed by atoms with Crippen LogP contribution in [0.1, 0.15) is 68.8 Å². The smallest absolute Gasteiger partial charge is 0.309 e. The van der Waals surface area contributed by atoms with Crippen molar-refractivity contribution in [3.8, 4) is 0 Å². The van der Waals surface area contributed by atoms with Gasteiger partial charge in [-0.1, -0.05) is 79.8 Å². The largest absolute Gasteiger partial charge is 0.481 e. The van der Waals surface area contributed by atoms with Gasteiger partial charge in [-0.15, -0.1) is 0 Å². The number of carbonyl (C=O) groups is 2. The number of carboxylic acid groups (broad SMARTS) is 1. The molecule has 0 fully saturated rings. The molecular weight excluding hydrogens is 398 g/mol. The summed E-state index contributed by atoms with van der Waals surface area (Å²) in [6, 6.07) is 3.37. The minimum atomic E-state index is -0.935. The number of allylic oxidation sites excluding steroid dienone is 12. The molecule has 0 aromatic carbocycles. The van der Waals surface area contributed by atoms with E-state index < -0.39 is 5.97 Å². The van der Waals surface area contributed by atoms with Crippen LogP contribution in [0.15, 0.2) is 91.2 Å². The molecule has 1 heterocycles. The molecule has 0 amide bonds. The Morgan fingerprint density at radius 1 is 0.781 bits per heavy atom. The van der Waals surface area contributed by atoms with Crippen molar-refractivity contribution in [2.24, 2.45) is 0 Å². The molecule has 0 aliphatic carbocycles. The number of carbonyl (C=O) groups excluding carboxylic acids is 1. The standard InChI is InChI=1S/C28H37NO3/c1-2-3-4-5-6-7-8-9-10-11-12-13-14-15-16-17-18-19-20-23-27(30)29-24-21-22-26(29)25-28(31)32/h3-4,6-7,9-10,12-13,15-16,18-19,21-22,24H,2,5,8,11,14,17,20,23,25H2,1H3,(H,31,32)/b4-3+,7-6+,10-9+,13-12+,16-15+,19-18+. The van der Waals surface area contributed by atoms with Gasteiger partial charge in [-0.3, -0.25) is 14.2 Å². The molecule has 0 atom stereocenters. The van der Waals surface area contributed by atoms with Crippen molar-refractivity contribution in [3.05, 3.63) is 96.9 Å². The quantitative estimate of drug-likeness (QED) is 0.279. The normalized spacial score (nSPS) is 12.7. The molecule has 0 saturated heterocycles. The van der Waals surface area contributed by atoms with E-state index in [0.717, 1.165) is 38.5 Å². The Balaban J connectivity index is 2.09. The van der Waals surface area contributed by atoms with Crippen LogP contribution >= 0.6 is 0 Å². The van der Waals surface area contributed by atoms with E-state index in [1.807, 2.05) is 6.08 Å². The molecule has 0 saturated carbocycles. The van der Waals surface area contributed by atoms with Crippen LogP contribution in [0.2, 0.25) is 0 Å². The predicted octanol–water partition coefficient (Wildman–Crippen LogP) is 7.23. The topological polar surface area (TPSA) is 59.3 Å². The summed E-state index contributed by atoms with van der Waals surface area (Å²) in [4.78, 5) is 23.0. The van der Waals surface area contributed by atoms with E-state index in [4.69, 9.17) is 5.11 Å². The molecular formula is C28H37NO3. The maximum Gasteiger partial charge on any atom is 0.309 e. The first-order chi connectivity index (χ1) is 15.6. The maximum atomic E-state index is 12.2. The second-order valence-electron chi connectivity index (χ2n) is 7.29. The van der Waals surface area contributed by atoms with E-state index in [9.17, 15) is 9.59 Å². The first-order valence-corrected chi connectivity index (χ1v) is 11.5. The first-order valence-electron chi connectivity index (χ1n) is 11.5. The molecule has 0 unspecified atom stereocenters. The van der Waals surface area contributed by atoms with Gasteiger partial charge in [0.1, 0.15) is 0 Å². The predicted molar refractivity (Wildman–Crippen MR) is 134 cm³/mol. The van der Waals surface area contributed by atoms with Gasteiger partial charge in [0.15, 0.2) is 0 Å². The second-order valence-corrected chi connectivity index (χ2v) is 7.29. The highest BCUT2D eigenvalue weighted by atomic mass is 16.4. The summed E-state index contributed by atoms with van der Waals surface area (Å²) < 4.78 is 1.44. The van der Waals surface area contributed by atoms with Gasteiger partial charge in [-0.05, 0) is 57.1 Å². The SMILES string of the molecule is CC/C=C/C/C=C/C/C=C/C/C=C/C/C=C/C/C=C/CCC(=O)n1cccc1CC(=O)O. The molecule has 1 aromatic rings. The molecule has 0 radical (unpaired) electrons. The van der Waals surface area contributed by atoms with Crippen molar-refractivity contribution in [2.75, 3.05) is 0 Å². The highest BCUT2D eigenvalue weighted by molar-refractivity contribution is 5.81. The fourth-order valence-electron chi connectivity index (χ4n) is 2.93. The monoisotopic (exact) mass is 435 g/mol. The molecule has 4 heteroatoms. The third-order valence-corrected chi connectivity index (χ3v) is 4.56. The first kappa shape index (κ1) is 26.9. The lowest BCUT2D eigenvalue weighted by Crippen LogP contribution is -2.14. The maximum absolute atomic E-state index is 12.2. The number of rotatable bonds is 16. The second kappa shape index (κ2) is 18.6. The van der Waals surface area contributed by atoms with E-state index in [1.54, 1.807) is 18.3 Å². The lowest BCUT2D eigenvalue weighted by Gasteiger charge is -2.05. The van der Waals surface area contributed by atoms with Crippen molar-refractivity contribution in [1.82, 2.24) is 4.57 Å². The molecule has 1 aromatic heterocycles. The Bertz CT molecular complexity index is 835. The molecule has 0 aliphatic heterocycles. The summed E-state index contributed by atoms with van der Waals surface area (Å²) in [7, 11) is 0. The molecule has 1 rings (SSSR count). The van der Waals surface area contributed by atoms with Crippen LogP contribution in [-0.4, -0.2) is 21.6 Å². The zero-order valence-electron chi connectivity index (χ0n) is 19.2. The van der Waals surface area contributed by atoms with E-state index in [2.05, 4.69) is 73.8 Å². The number of hydrogen-bond acceptors (Lipinski definition) is 2. The van der Waals surface area contributed by atoms with E-state index in [-0.39, 0.29) is 12.3 Å². The Morgan fingerprint density at radius 3 is 1.72 bits per heavy atom. The lowest BCUT2D eigenvalue weighted by molar-refractivity contribution is -0.136. The van der Waals surface area contributed by atoms with Crippen LogP contribution in [0.4, 0.5) is 0 Å². The zero-order chi connectivity index (χ0) is 23.3. The summed E-state index contributed by atoms with van der Waals surface area (Å²) in [6.07, 6.45) is 34.1. The van der Waals surface area contributed by atoms with Crippen LogP contribution in [-0.2, 0) is 11.2 Å². The molecule has 4 nitrogen and oxygen atoms in total. The fourth-order valence-corrected chi connectivity index (χ4v) is 2.93. The van der Waals surface area contributed by atoms with Crippen molar-refractivity contribution < 1.29 is 14.7 Å². The number of nitrogens with zero attached hydrogens (tertiary/aromatic N) is 1. The minimum Gasteiger partial charge on any atom is -0.481 e. The molecule has 0 bridgehead atoms. The van der Waals surface area contributed by atoms with Crippen molar-refractivity contribution in [3.63, 3.8) is 0 Å². The number of hydrogen-bond donors (Lipinski definition) is 1. The summed E-state index contributed by atoms with van der Waals surface area (Å²) in [5.74, 6) is -1.01. The average Bonchev–Trinajstić information content (AvgIpc) is 3.22. The zero-order valence-corrected chi connectivity index (χ0v) is 19.2. The van der Waals surface area contributed by atoms with E-state index in [1.165, 1.54) is 4.57 Å². The molecule has 32 heavy (non-hydrogen) atoms. The molecule has 172 valence electrons. The van der Waals surface area contributed by atoms with Crippen molar-refractivity contribution in [1.29, 1.82) is 0 Å². The van der Waals surface area contributed by atoms with Gasteiger partial charge >= 0.3 is 5.97 Å². The lowest BCUT2D eigenvalue weighted by atomic mass is 10.2. The van der Waals surface area contributed by atoms with Gasteiger partial charge in [0, 0.05) is 18.3 Å². The van der Waals surface area contributed by atoms with Crippen LogP contribution in [0.5, 0.6) is 0 Å². The highest BCUT2D eigenvalue weighted by Gasteiger charge is 2.10. The third kappa shape index (κ3) is 14.0. The van der Waals surface area contributed by atoms with Gasteiger partial charge in [-0.25, -0.2) is 0 Å². The summed E-state index contributed by atoms with van der Waals surface area (Å²) in [5.41, 5.74) is 0.519. The van der Waals surface area contributed by atoms with E-state index in [0.29, 0.717) is 18.5 Å². The van der Waals surface area contributed by atoms with Gasteiger partial charge in [0.05, 0.1) is 6.42 Å². The number of aromatic nitrogens is 1. The molecule has 1 N–H and O–H groups in total. The summed E-state index contributed by atoms with van der Waals surface area (Å²) >= 11 is 0. The Morgan fingerprint density at radius 2 is 1.25 bits per heavy atom. The van der Waals surface area contributed by atoms with Gasteiger partial charge in [0.2, 0.25) is 5.91 Å².